The van der Waals surface area contributed by atoms with Crippen molar-refractivity contribution in [2.24, 2.45) is 0 Å². The Balaban J connectivity index is 1.72. The van der Waals surface area contributed by atoms with E-state index in [-0.39, 0.29) is 17.5 Å². The van der Waals surface area contributed by atoms with E-state index in [9.17, 15) is 9.90 Å². The van der Waals surface area contributed by atoms with Gasteiger partial charge < -0.3 is 9.52 Å². The highest BCUT2D eigenvalue weighted by molar-refractivity contribution is 6.42. The number of benzene rings is 1. The fraction of sp³-hybridized carbons (Fsp3) is 0.111. The summed E-state index contributed by atoms with van der Waals surface area (Å²) in [6.45, 7) is 1.84. The van der Waals surface area contributed by atoms with Crippen LogP contribution < -0.4 is 5.56 Å². The molecule has 27 heavy (non-hydrogen) atoms. The molecule has 1 N–H and O–H groups in total. The number of pyridine rings is 1. The van der Waals surface area contributed by atoms with E-state index >= 15 is 0 Å². The number of aromatic hydroxyl groups is 1. The number of aromatic nitrogens is 4. The van der Waals surface area contributed by atoms with E-state index in [0.29, 0.717) is 22.1 Å². The van der Waals surface area contributed by atoms with Crippen LogP contribution in [-0.2, 0) is 6.42 Å². The fourth-order valence-corrected chi connectivity index (χ4v) is 2.95. The Kier molecular flexibility index (Phi) is 4.33. The molecule has 0 bridgehead atoms. The van der Waals surface area contributed by atoms with Crippen molar-refractivity contribution in [3.8, 4) is 17.3 Å². The first kappa shape index (κ1) is 17.5. The maximum atomic E-state index is 12.4. The number of hydrogen-bond acceptors (Lipinski definition) is 6. The topological polar surface area (TPSA) is 93.5 Å². The number of hydrogen-bond donors (Lipinski definition) is 1. The van der Waals surface area contributed by atoms with Crippen LogP contribution in [0, 0.1) is 6.92 Å². The Bertz CT molecular complexity index is 1230. The maximum absolute atomic E-state index is 12.4. The molecule has 4 aromatic rings. The number of halogens is 2. The maximum Gasteiger partial charge on any atom is 0.300 e. The standard InChI is InChI=1S/C18H12Cl2N4O3/c1-9-2-5-13-21-15(16(25)18(26)24(13)8-9)17-23-22-14(27-17)7-10-3-4-11(19)12(20)6-10/h2-6,8,25H,7H2,1H3. The van der Waals surface area contributed by atoms with Crippen LogP contribution in [0.25, 0.3) is 17.2 Å². The predicted molar refractivity (Wildman–Crippen MR) is 100 cm³/mol. The summed E-state index contributed by atoms with van der Waals surface area (Å²) in [6, 6.07) is 8.65. The Hall–Kier alpha value is -2.90. The Labute approximate surface area is 162 Å². The van der Waals surface area contributed by atoms with Crippen LogP contribution in [0.15, 0.2) is 45.7 Å². The van der Waals surface area contributed by atoms with Crippen LogP contribution in [0.3, 0.4) is 0 Å². The zero-order valence-electron chi connectivity index (χ0n) is 14.0. The van der Waals surface area contributed by atoms with Crippen molar-refractivity contribution in [1.82, 2.24) is 19.6 Å². The number of aryl methyl sites for hydroxylation is 1. The average Bonchev–Trinajstić information content (AvgIpc) is 3.10. The smallest absolute Gasteiger partial charge is 0.300 e. The Morgan fingerprint density at radius 3 is 2.74 bits per heavy atom. The lowest BCUT2D eigenvalue weighted by atomic mass is 10.1. The van der Waals surface area contributed by atoms with Gasteiger partial charge in [0, 0.05) is 6.20 Å². The molecule has 0 unspecified atom stereocenters. The second-order valence-corrected chi connectivity index (χ2v) is 6.79. The molecule has 3 heterocycles. The zero-order chi connectivity index (χ0) is 19.1. The minimum atomic E-state index is -0.608. The molecule has 3 aromatic heterocycles. The average molecular weight is 403 g/mol. The van der Waals surface area contributed by atoms with Crippen molar-refractivity contribution in [3.05, 3.63) is 73.9 Å². The summed E-state index contributed by atoms with van der Waals surface area (Å²) in [5.74, 6) is -0.306. The summed E-state index contributed by atoms with van der Waals surface area (Å²) in [7, 11) is 0. The molecule has 0 spiro atoms. The molecule has 4 rings (SSSR count). The van der Waals surface area contributed by atoms with Gasteiger partial charge in [-0.15, -0.1) is 10.2 Å². The lowest BCUT2D eigenvalue weighted by molar-refractivity contribution is 0.457. The summed E-state index contributed by atoms with van der Waals surface area (Å²) in [5.41, 5.74) is 1.38. The zero-order valence-corrected chi connectivity index (χ0v) is 15.5. The second kappa shape index (κ2) is 6.68. The van der Waals surface area contributed by atoms with Crippen molar-refractivity contribution in [2.45, 2.75) is 13.3 Å². The fourth-order valence-electron chi connectivity index (χ4n) is 2.63. The highest BCUT2D eigenvalue weighted by atomic mass is 35.5. The van der Waals surface area contributed by atoms with Gasteiger partial charge in [0.05, 0.1) is 16.5 Å². The van der Waals surface area contributed by atoms with Crippen molar-refractivity contribution >= 4 is 28.8 Å². The van der Waals surface area contributed by atoms with Crippen molar-refractivity contribution in [2.75, 3.05) is 0 Å². The van der Waals surface area contributed by atoms with E-state index in [1.807, 2.05) is 13.0 Å². The summed E-state index contributed by atoms with van der Waals surface area (Å²) in [4.78, 5) is 16.7. The molecular formula is C18H12Cl2N4O3. The van der Waals surface area contributed by atoms with Crippen molar-refractivity contribution in [1.29, 1.82) is 0 Å². The van der Waals surface area contributed by atoms with Gasteiger partial charge in [-0.25, -0.2) is 4.98 Å². The van der Waals surface area contributed by atoms with E-state index in [0.717, 1.165) is 11.1 Å². The number of rotatable bonds is 3. The largest absolute Gasteiger partial charge is 0.501 e. The molecular weight excluding hydrogens is 391 g/mol. The summed E-state index contributed by atoms with van der Waals surface area (Å²) >= 11 is 11.9. The first-order chi connectivity index (χ1) is 12.9. The first-order valence-corrected chi connectivity index (χ1v) is 8.66. The predicted octanol–water partition coefficient (Wildman–Crippen LogP) is 3.66. The highest BCUT2D eigenvalue weighted by Gasteiger charge is 2.19. The van der Waals surface area contributed by atoms with Crippen molar-refractivity contribution in [3.63, 3.8) is 0 Å². The molecule has 0 saturated carbocycles. The van der Waals surface area contributed by atoms with Gasteiger partial charge in [0.2, 0.25) is 11.6 Å². The molecule has 1 aromatic carbocycles. The van der Waals surface area contributed by atoms with Crippen LogP contribution in [-0.4, -0.2) is 24.7 Å². The van der Waals surface area contributed by atoms with Crippen LogP contribution in [0.2, 0.25) is 10.0 Å². The normalized spacial score (nSPS) is 11.2. The quantitative estimate of drug-likeness (QED) is 0.561. The third kappa shape index (κ3) is 3.27. The van der Waals surface area contributed by atoms with Crippen LogP contribution in [0.1, 0.15) is 17.0 Å². The number of fused-ring (bicyclic) bond motifs is 1. The minimum Gasteiger partial charge on any atom is -0.501 e. The molecule has 7 nitrogen and oxygen atoms in total. The molecule has 0 atom stereocenters. The molecule has 0 saturated heterocycles. The minimum absolute atomic E-state index is 0.0391. The van der Waals surface area contributed by atoms with Gasteiger partial charge in [0.25, 0.3) is 5.89 Å². The molecule has 0 radical (unpaired) electrons. The van der Waals surface area contributed by atoms with Gasteiger partial charge >= 0.3 is 5.56 Å². The van der Waals surface area contributed by atoms with Gasteiger partial charge in [0.15, 0.2) is 5.69 Å². The van der Waals surface area contributed by atoms with E-state index < -0.39 is 11.3 Å². The second-order valence-electron chi connectivity index (χ2n) is 5.98. The van der Waals surface area contributed by atoms with Gasteiger partial charge in [-0.05, 0) is 36.2 Å². The molecule has 0 aliphatic heterocycles. The third-order valence-electron chi connectivity index (χ3n) is 3.96. The summed E-state index contributed by atoms with van der Waals surface area (Å²) < 4.78 is 6.85. The van der Waals surface area contributed by atoms with Crippen molar-refractivity contribution < 1.29 is 9.52 Å². The molecule has 0 aliphatic carbocycles. The van der Waals surface area contributed by atoms with E-state index in [2.05, 4.69) is 15.2 Å². The summed E-state index contributed by atoms with van der Waals surface area (Å²) in [6.07, 6.45) is 1.91. The summed E-state index contributed by atoms with van der Waals surface area (Å²) in [5, 5.41) is 19.0. The molecule has 136 valence electrons. The molecule has 0 fully saturated rings. The van der Waals surface area contributed by atoms with Crippen LogP contribution in [0.5, 0.6) is 5.75 Å². The van der Waals surface area contributed by atoms with Gasteiger partial charge in [-0.1, -0.05) is 35.3 Å². The number of nitrogens with zero attached hydrogens (tertiary/aromatic N) is 4. The Morgan fingerprint density at radius 1 is 1.15 bits per heavy atom. The van der Waals surface area contributed by atoms with E-state index in [1.54, 1.807) is 30.5 Å². The molecule has 0 aliphatic rings. The Morgan fingerprint density at radius 2 is 1.96 bits per heavy atom. The molecule has 9 heteroatoms. The highest BCUT2D eigenvalue weighted by Crippen LogP contribution is 2.26. The van der Waals surface area contributed by atoms with Crippen LogP contribution >= 0.6 is 23.2 Å². The lowest BCUT2D eigenvalue weighted by Gasteiger charge is -2.04. The van der Waals surface area contributed by atoms with Gasteiger partial charge in [-0.2, -0.15) is 0 Å². The lowest BCUT2D eigenvalue weighted by Crippen LogP contribution is -2.15. The first-order valence-electron chi connectivity index (χ1n) is 7.91. The third-order valence-corrected chi connectivity index (χ3v) is 4.69. The SMILES string of the molecule is Cc1ccc2nc(-c3nnc(Cc4ccc(Cl)c(Cl)c4)o3)c(O)c(=O)n2c1. The van der Waals surface area contributed by atoms with E-state index in [4.69, 9.17) is 27.6 Å². The van der Waals surface area contributed by atoms with Gasteiger partial charge in [-0.3, -0.25) is 9.20 Å². The van der Waals surface area contributed by atoms with Gasteiger partial charge in [0.1, 0.15) is 5.65 Å². The van der Waals surface area contributed by atoms with E-state index in [1.165, 1.54) is 4.40 Å². The monoisotopic (exact) mass is 402 g/mol. The van der Waals surface area contributed by atoms with Crippen LogP contribution in [0.4, 0.5) is 0 Å². The molecule has 0 amide bonds.